The maximum atomic E-state index is 11.9. The van der Waals surface area contributed by atoms with E-state index in [0.29, 0.717) is 18.0 Å². The fraction of sp³-hybridized carbons (Fsp3) is 0.467. The number of nitrogens with one attached hydrogen (secondary N) is 2. The molecule has 1 rings (SSSR count). The van der Waals surface area contributed by atoms with Crippen LogP contribution in [-0.4, -0.2) is 38.6 Å². The molecule has 0 saturated heterocycles. The summed E-state index contributed by atoms with van der Waals surface area (Å²) < 4.78 is 10.3. The van der Waals surface area contributed by atoms with E-state index in [0.717, 1.165) is 5.56 Å². The molecule has 0 aliphatic rings. The van der Waals surface area contributed by atoms with Crippen LogP contribution in [0.2, 0.25) is 0 Å². The standard InChI is InChI=1S/C15H22N2O4/c1-5-16-15(19)10(2)17-14(18)9-11-6-7-12(20-3)13(8-11)21-4/h6-8,10H,5,9H2,1-4H3,(H,16,19)(H,17,18)/t10-/m0/s1. The summed E-state index contributed by atoms with van der Waals surface area (Å²) in [6.07, 6.45) is 0.171. The summed E-state index contributed by atoms with van der Waals surface area (Å²) >= 11 is 0. The lowest BCUT2D eigenvalue weighted by Crippen LogP contribution is -2.45. The number of carbonyl (C=O) groups excluding carboxylic acids is 2. The van der Waals surface area contributed by atoms with E-state index in [2.05, 4.69) is 10.6 Å². The third kappa shape index (κ3) is 4.98. The number of methoxy groups -OCH3 is 2. The third-order valence-corrected chi connectivity index (χ3v) is 2.93. The second-order valence-corrected chi connectivity index (χ2v) is 4.55. The minimum absolute atomic E-state index is 0.171. The van der Waals surface area contributed by atoms with Gasteiger partial charge in [-0.1, -0.05) is 6.07 Å². The minimum Gasteiger partial charge on any atom is -0.493 e. The van der Waals surface area contributed by atoms with Gasteiger partial charge in [-0.2, -0.15) is 0 Å². The van der Waals surface area contributed by atoms with Crippen LogP contribution in [0.3, 0.4) is 0 Å². The summed E-state index contributed by atoms with van der Waals surface area (Å²) in [5.74, 6) is 0.760. The molecule has 6 heteroatoms. The number of hydrogen-bond donors (Lipinski definition) is 2. The topological polar surface area (TPSA) is 76.7 Å². The molecule has 2 amide bonds. The normalized spacial score (nSPS) is 11.4. The molecule has 2 N–H and O–H groups in total. The quantitative estimate of drug-likeness (QED) is 0.783. The highest BCUT2D eigenvalue weighted by Gasteiger charge is 2.15. The van der Waals surface area contributed by atoms with Crippen LogP contribution in [0, 0.1) is 0 Å². The Labute approximate surface area is 124 Å². The van der Waals surface area contributed by atoms with Gasteiger partial charge in [0.05, 0.1) is 20.6 Å². The van der Waals surface area contributed by atoms with Gasteiger partial charge in [0, 0.05) is 6.54 Å². The van der Waals surface area contributed by atoms with Crippen molar-refractivity contribution in [2.45, 2.75) is 26.3 Å². The molecule has 0 aromatic heterocycles. The first-order chi connectivity index (χ1) is 10.0. The van der Waals surface area contributed by atoms with Crippen molar-refractivity contribution in [1.29, 1.82) is 0 Å². The number of likely N-dealkylation sites (N-methyl/N-ethyl adjacent to an activating group) is 1. The lowest BCUT2D eigenvalue weighted by Gasteiger charge is -2.14. The summed E-state index contributed by atoms with van der Waals surface area (Å²) in [7, 11) is 3.09. The monoisotopic (exact) mass is 294 g/mol. The largest absolute Gasteiger partial charge is 0.493 e. The van der Waals surface area contributed by atoms with Gasteiger partial charge in [-0.05, 0) is 31.5 Å². The molecule has 1 aromatic rings. The Morgan fingerprint density at radius 2 is 1.86 bits per heavy atom. The Morgan fingerprint density at radius 1 is 1.19 bits per heavy atom. The molecule has 0 bridgehead atoms. The van der Waals surface area contributed by atoms with E-state index in [1.165, 1.54) is 0 Å². The van der Waals surface area contributed by atoms with Crippen LogP contribution in [0.25, 0.3) is 0 Å². The van der Waals surface area contributed by atoms with Gasteiger partial charge in [0.1, 0.15) is 6.04 Å². The minimum atomic E-state index is -0.558. The summed E-state index contributed by atoms with van der Waals surface area (Å²) in [5.41, 5.74) is 0.785. The number of rotatable bonds is 7. The number of carbonyl (C=O) groups is 2. The molecule has 0 unspecified atom stereocenters. The van der Waals surface area contributed by atoms with Crippen molar-refractivity contribution in [3.63, 3.8) is 0 Å². The van der Waals surface area contributed by atoms with E-state index in [1.54, 1.807) is 39.3 Å². The molecule has 0 fully saturated rings. The molecule has 116 valence electrons. The zero-order valence-corrected chi connectivity index (χ0v) is 12.9. The van der Waals surface area contributed by atoms with Gasteiger partial charge in [-0.25, -0.2) is 0 Å². The molecule has 0 aliphatic carbocycles. The first-order valence-corrected chi connectivity index (χ1v) is 6.79. The van der Waals surface area contributed by atoms with Crippen LogP contribution in [0.15, 0.2) is 18.2 Å². The molecule has 1 atom stereocenters. The van der Waals surface area contributed by atoms with Crippen molar-refractivity contribution >= 4 is 11.8 Å². The van der Waals surface area contributed by atoms with Crippen LogP contribution in [0.5, 0.6) is 11.5 Å². The van der Waals surface area contributed by atoms with Crippen molar-refractivity contribution in [2.24, 2.45) is 0 Å². The first-order valence-electron chi connectivity index (χ1n) is 6.79. The number of amides is 2. The van der Waals surface area contributed by atoms with Crippen molar-refractivity contribution in [1.82, 2.24) is 10.6 Å². The lowest BCUT2D eigenvalue weighted by molar-refractivity contribution is -0.128. The molecule has 0 radical (unpaired) electrons. The Hall–Kier alpha value is -2.24. The predicted molar refractivity (Wildman–Crippen MR) is 79.5 cm³/mol. The van der Waals surface area contributed by atoms with Crippen LogP contribution < -0.4 is 20.1 Å². The summed E-state index contributed by atoms with van der Waals surface area (Å²) in [5, 5.41) is 5.31. The molecular weight excluding hydrogens is 272 g/mol. The SMILES string of the molecule is CCNC(=O)[C@H](C)NC(=O)Cc1ccc(OC)c(OC)c1. The number of ether oxygens (including phenoxy) is 2. The van der Waals surface area contributed by atoms with Gasteiger partial charge in [0.2, 0.25) is 11.8 Å². The fourth-order valence-electron chi connectivity index (χ4n) is 1.86. The van der Waals surface area contributed by atoms with Crippen molar-refractivity contribution in [3.05, 3.63) is 23.8 Å². The van der Waals surface area contributed by atoms with Gasteiger partial charge < -0.3 is 20.1 Å². The molecule has 0 heterocycles. The molecule has 21 heavy (non-hydrogen) atoms. The number of benzene rings is 1. The smallest absolute Gasteiger partial charge is 0.242 e. The Kier molecular flexibility index (Phi) is 6.52. The van der Waals surface area contributed by atoms with E-state index < -0.39 is 6.04 Å². The zero-order valence-electron chi connectivity index (χ0n) is 12.9. The third-order valence-electron chi connectivity index (χ3n) is 2.93. The maximum Gasteiger partial charge on any atom is 0.242 e. The number of hydrogen-bond acceptors (Lipinski definition) is 4. The van der Waals surface area contributed by atoms with E-state index in [-0.39, 0.29) is 18.2 Å². The van der Waals surface area contributed by atoms with Gasteiger partial charge in [0.25, 0.3) is 0 Å². The van der Waals surface area contributed by atoms with E-state index in [4.69, 9.17) is 9.47 Å². The molecule has 0 aliphatic heterocycles. The Balaban J connectivity index is 2.64. The highest BCUT2D eigenvalue weighted by atomic mass is 16.5. The van der Waals surface area contributed by atoms with Crippen LogP contribution in [0.4, 0.5) is 0 Å². The molecule has 0 saturated carbocycles. The van der Waals surface area contributed by atoms with Crippen molar-refractivity contribution < 1.29 is 19.1 Å². The average Bonchev–Trinajstić information content (AvgIpc) is 2.47. The van der Waals surface area contributed by atoms with E-state index in [1.807, 2.05) is 6.92 Å². The van der Waals surface area contributed by atoms with Gasteiger partial charge in [-0.15, -0.1) is 0 Å². The average molecular weight is 294 g/mol. The highest BCUT2D eigenvalue weighted by Crippen LogP contribution is 2.27. The van der Waals surface area contributed by atoms with Crippen LogP contribution in [0.1, 0.15) is 19.4 Å². The molecule has 1 aromatic carbocycles. The van der Waals surface area contributed by atoms with Gasteiger partial charge in [0.15, 0.2) is 11.5 Å². The summed E-state index contributed by atoms with van der Waals surface area (Å²) in [4.78, 5) is 23.5. The van der Waals surface area contributed by atoms with Gasteiger partial charge in [-0.3, -0.25) is 9.59 Å². The second kappa shape index (κ2) is 8.14. The lowest BCUT2D eigenvalue weighted by atomic mass is 10.1. The van der Waals surface area contributed by atoms with Crippen molar-refractivity contribution in [2.75, 3.05) is 20.8 Å². The molecule has 6 nitrogen and oxygen atoms in total. The highest BCUT2D eigenvalue weighted by molar-refractivity contribution is 5.88. The Bertz CT molecular complexity index is 502. The van der Waals surface area contributed by atoms with Crippen molar-refractivity contribution in [3.8, 4) is 11.5 Å². The van der Waals surface area contributed by atoms with E-state index >= 15 is 0 Å². The first kappa shape index (κ1) is 16.8. The predicted octanol–water partition coefficient (Wildman–Crippen LogP) is 0.887. The molecule has 0 spiro atoms. The zero-order chi connectivity index (χ0) is 15.8. The van der Waals surface area contributed by atoms with E-state index in [9.17, 15) is 9.59 Å². The fourth-order valence-corrected chi connectivity index (χ4v) is 1.86. The maximum absolute atomic E-state index is 11.9. The Morgan fingerprint density at radius 3 is 2.43 bits per heavy atom. The van der Waals surface area contributed by atoms with Crippen LogP contribution in [-0.2, 0) is 16.0 Å². The summed E-state index contributed by atoms with van der Waals surface area (Å²) in [6, 6.07) is 4.72. The summed E-state index contributed by atoms with van der Waals surface area (Å²) in [6.45, 7) is 4.02. The second-order valence-electron chi connectivity index (χ2n) is 4.55. The van der Waals surface area contributed by atoms with Gasteiger partial charge >= 0.3 is 0 Å². The van der Waals surface area contributed by atoms with Crippen LogP contribution >= 0.6 is 0 Å². The molecular formula is C15H22N2O4.